The molecular formula is C23H28N4O. The molecule has 28 heavy (non-hydrogen) atoms. The average molecular weight is 377 g/mol. The zero-order valence-corrected chi connectivity index (χ0v) is 16.7. The van der Waals surface area contributed by atoms with E-state index in [-0.39, 0.29) is 5.75 Å². The lowest BCUT2D eigenvalue weighted by Gasteiger charge is -2.34. The Labute approximate surface area is 166 Å². The van der Waals surface area contributed by atoms with Crippen molar-refractivity contribution in [2.75, 3.05) is 31.1 Å². The van der Waals surface area contributed by atoms with Crippen LogP contribution in [0.15, 0.2) is 42.5 Å². The standard InChI is InChI=1S/C23H28N4O/c1-3-24-14-17-7-6-12-27(15-17)23-18-11-10-16(2)13-20(18)25-22(26-23)19-8-4-5-9-21(19)28/h4-5,8-11,13,17,24,28H,3,6-7,12,14-15H2,1-2H3. The molecule has 1 atom stereocenters. The van der Waals surface area contributed by atoms with Gasteiger partial charge in [0.1, 0.15) is 11.6 Å². The van der Waals surface area contributed by atoms with Gasteiger partial charge in [-0.1, -0.05) is 25.1 Å². The molecule has 2 aromatic carbocycles. The van der Waals surface area contributed by atoms with Gasteiger partial charge >= 0.3 is 0 Å². The van der Waals surface area contributed by atoms with Crippen molar-refractivity contribution in [2.45, 2.75) is 26.7 Å². The summed E-state index contributed by atoms with van der Waals surface area (Å²) in [5.74, 6) is 2.39. The van der Waals surface area contributed by atoms with Gasteiger partial charge in [0.2, 0.25) is 0 Å². The molecule has 2 N–H and O–H groups in total. The van der Waals surface area contributed by atoms with Crippen LogP contribution in [0.25, 0.3) is 22.3 Å². The van der Waals surface area contributed by atoms with E-state index in [1.165, 1.54) is 18.4 Å². The van der Waals surface area contributed by atoms with Gasteiger partial charge in [-0.25, -0.2) is 9.97 Å². The number of nitrogens with one attached hydrogen (secondary N) is 1. The zero-order valence-electron chi connectivity index (χ0n) is 16.7. The van der Waals surface area contributed by atoms with E-state index < -0.39 is 0 Å². The number of aryl methyl sites for hydroxylation is 1. The number of aromatic hydroxyl groups is 1. The van der Waals surface area contributed by atoms with Crippen LogP contribution in [0.4, 0.5) is 5.82 Å². The number of phenols is 1. The molecule has 1 aliphatic rings. The Kier molecular flexibility index (Phi) is 5.44. The van der Waals surface area contributed by atoms with E-state index in [2.05, 4.69) is 42.3 Å². The van der Waals surface area contributed by atoms with Gasteiger partial charge in [0.25, 0.3) is 0 Å². The lowest BCUT2D eigenvalue weighted by Crippen LogP contribution is -2.40. The van der Waals surface area contributed by atoms with Gasteiger partial charge in [0.15, 0.2) is 5.82 Å². The number of benzene rings is 2. The fraction of sp³-hybridized carbons (Fsp3) is 0.391. The van der Waals surface area contributed by atoms with Gasteiger partial charge in [-0.2, -0.15) is 0 Å². The predicted octanol–water partition coefficient (Wildman–Crippen LogP) is 4.14. The number of anilines is 1. The summed E-state index contributed by atoms with van der Waals surface area (Å²) in [5.41, 5.74) is 2.77. The van der Waals surface area contributed by atoms with E-state index in [0.717, 1.165) is 42.9 Å². The molecule has 1 saturated heterocycles. The van der Waals surface area contributed by atoms with Gasteiger partial charge < -0.3 is 15.3 Å². The minimum Gasteiger partial charge on any atom is -0.507 e. The van der Waals surface area contributed by atoms with Crippen LogP contribution in [0.1, 0.15) is 25.3 Å². The molecule has 5 nitrogen and oxygen atoms in total. The molecule has 1 aliphatic heterocycles. The summed E-state index contributed by atoms with van der Waals surface area (Å²) in [6.45, 7) is 8.27. The quantitative estimate of drug-likeness (QED) is 0.701. The molecule has 0 aliphatic carbocycles. The Morgan fingerprint density at radius 2 is 2.04 bits per heavy atom. The van der Waals surface area contributed by atoms with Crippen LogP contribution in [0.2, 0.25) is 0 Å². The second-order valence-corrected chi connectivity index (χ2v) is 7.67. The third kappa shape index (κ3) is 3.80. The lowest BCUT2D eigenvalue weighted by atomic mass is 9.97. The number of phenolic OH excluding ortho intramolecular Hbond substituents is 1. The van der Waals surface area contributed by atoms with E-state index in [4.69, 9.17) is 9.97 Å². The molecule has 0 amide bonds. The molecule has 0 radical (unpaired) electrons. The Morgan fingerprint density at radius 3 is 2.86 bits per heavy atom. The van der Waals surface area contributed by atoms with Crippen LogP contribution in [0.5, 0.6) is 5.75 Å². The highest BCUT2D eigenvalue weighted by molar-refractivity contribution is 5.92. The molecule has 146 valence electrons. The molecular weight excluding hydrogens is 348 g/mol. The van der Waals surface area contributed by atoms with Gasteiger partial charge in [-0.3, -0.25) is 0 Å². The first-order valence-electron chi connectivity index (χ1n) is 10.2. The third-order valence-electron chi connectivity index (χ3n) is 5.48. The minimum absolute atomic E-state index is 0.212. The highest BCUT2D eigenvalue weighted by Gasteiger charge is 2.23. The Hall–Kier alpha value is -2.66. The molecule has 0 bridgehead atoms. The largest absolute Gasteiger partial charge is 0.507 e. The van der Waals surface area contributed by atoms with Crippen molar-refractivity contribution >= 4 is 16.7 Å². The number of fused-ring (bicyclic) bond motifs is 1. The van der Waals surface area contributed by atoms with Crippen LogP contribution in [0, 0.1) is 12.8 Å². The number of hydrogen-bond acceptors (Lipinski definition) is 5. The Morgan fingerprint density at radius 1 is 1.18 bits per heavy atom. The van der Waals surface area contributed by atoms with Crippen molar-refractivity contribution in [1.29, 1.82) is 0 Å². The number of rotatable bonds is 5. The summed E-state index contributed by atoms with van der Waals surface area (Å²) in [7, 11) is 0. The van der Waals surface area contributed by atoms with E-state index in [0.29, 0.717) is 17.3 Å². The molecule has 0 saturated carbocycles. The van der Waals surface area contributed by atoms with Crippen LogP contribution >= 0.6 is 0 Å². The minimum atomic E-state index is 0.212. The number of nitrogens with zero attached hydrogens (tertiary/aromatic N) is 3. The van der Waals surface area contributed by atoms with Crippen molar-refractivity contribution < 1.29 is 5.11 Å². The fourth-order valence-electron chi connectivity index (χ4n) is 4.02. The second-order valence-electron chi connectivity index (χ2n) is 7.67. The molecule has 1 fully saturated rings. The average Bonchev–Trinajstić information content (AvgIpc) is 2.71. The van der Waals surface area contributed by atoms with Gasteiger partial charge in [-0.05, 0) is 68.6 Å². The van der Waals surface area contributed by atoms with Crippen LogP contribution < -0.4 is 10.2 Å². The number of piperidine rings is 1. The Balaban J connectivity index is 1.79. The maximum atomic E-state index is 10.3. The van der Waals surface area contributed by atoms with Gasteiger partial charge in [0, 0.05) is 18.5 Å². The smallest absolute Gasteiger partial charge is 0.165 e. The van der Waals surface area contributed by atoms with Crippen molar-refractivity contribution in [2.24, 2.45) is 5.92 Å². The molecule has 0 spiro atoms. The SMILES string of the molecule is CCNCC1CCCN(c2nc(-c3ccccc3O)nc3cc(C)ccc23)C1. The van der Waals surface area contributed by atoms with Crippen molar-refractivity contribution in [1.82, 2.24) is 15.3 Å². The van der Waals surface area contributed by atoms with E-state index >= 15 is 0 Å². The van der Waals surface area contributed by atoms with Gasteiger partial charge in [0.05, 0.1) is 11.1 Å². The summed E-state index contributed by atoms with van der Waals surface area (Å²) in [5, 5.41) is 14.9. The van der Waals surface area contributed by atoms with Gasteiger partial charge in [-0.15, -0.1) is 0 Å². The summed E-state index contributed by atoms with van der Waals surface area (Å²) in [6.07, 6.45) is 2.41. The first-order chi connectivity index (χ1) is 13.7. The van der Waals surface area contributed by atoms with Crippen molar-refractivity contribution in [3.63, 3.8) is 0 Å². The summed E-state index contributed by atoms with van der Waals surface area (Å²) in [4.78, 5) is 12.1. The molecule has 1 aromatic heterocycles. The highest BCUT2D eigenvalue weighted by atomic mass is 16.3. The summed E-state index contributed by atoms with van der Waals surface area (Å²) >= 11 is 0. The molecule has 5 heteroatoms. The monoisotopic (exact) mass is 376 g/mol. The maximum Gasteiger partial charge on any atom is 0.165 e. The van der Waals surface area contributed by atoms with Crippen molar-refractivity contribution in [3.8, 4) is 17.1 Å². The maximum absolute atomic E-state index is 10.3. The molecule has 1 unspecified atom stereocenters. The van der Waals surface area contributed by atoms with Crippen LogP contribution in [0.3, 0.4) is 0 Å². The molecule has 3 aromatic rings. The topological polar surface area (TPSA) is 61.3 Å². The lowest BCUT2D eigenvalue weighted by molar-refractivity contribution is 0.394. The number of aromatic nitrogens is 2. The zero-order chi connectivity index (χ0) is 19.5. The van der Waals surface area contributed by atoms with E-state index in [9.17, 15) is 5.11 Å². The predicted molar refractivity (Wildman–Crippen MR) is 115 cm³/mol. The number of para-hydroxylation sites is 1. The summed E-state index contributed by atoms with van der Waals surface area (Å²) < 4.78 is 0. The summed E-state index contributed by atoms with van der Waals surface area (Å²) in [6, 6.07) is 13.6. The fourth-order valence-corrected chi connectivity index (χ4v) is 4.02. The highest BCUT2D eigenvalue weighted by Crippen LogP contribution is 2.33. The van der Waals surface area contributed by atoms with Crippen molar-refractivity contribution in [3.05, 3.63) is 48.0 Å². The second kappa shape index (κ2) is 8.15. The Bertz CT molecular complexity index is 972. The van der Waals surface area contributed by atoms with E-state index in [1.807, 2.05) is 18.2 Å². The first kappa shape index (κ1) is 18.7. The molecule has 2 heterocycles. The van der Waals surface area contributed by atoms with Crippen LogP contribution in [-0.2, 0) is 0 Å². The molecule has 4 rings (SSSR count). The third-order valence-corrected chi connectivity index (χ3v) is 5.48. The number of hydrogen-bond donors (Lipinski definition) is 2. The van der Waals surface area contributed by atoms with Crippen LogP contribution in [-0.4, -0.2) is 41.3 Å². The first-order valence-corrected chi connectivity index (χ1v) is 10.2. The van der Waals surface area contributed by atoms with E-state index in [1.54, 1.807) is 6.07 Å². The normalized spacial score (nSPS) is 17.2.